The molecule has 6 nitrogen and oxygen atoms in total. The molecular weight excluding hydrogens is 288 g/mol. The lowest BCUT2D eigenvalue weighted by Crippen LogP contribution is -2.13. The number of methoxy groups -OCH3 is 2. The average molecular weight is 306 g/mol. The Balaban J connectivity index is 3.59. The molecule has 0 amide bonds. The summed E-state index contributed by atoms with van der Waals surface area (Å²) in [5.74, 6) is -0.841. The van der Waals surface area contributed by atoms with E-state index in [-0.39, 0.29) is 11.3 Å². The molecule has 0 aromatic heterocycles. The Kier molecular flexibility index (Phi) is 5.86. The molecule has 0 atom stereocenters. The number of Topliss-reactive ketones (excluding diaryl/α,β-unsaturated/α-hetero) is 2. The fourth-order valence-electron chi connectivity index (χ4n) is 1.94. The zero-order valence-electron chi connectivity index (χ0n) is 13.2. The smallest absolute Gasteiger partial charge is 0.308 e. The van der Waals surface area contributed by atoms with Crippen molar-refractivity contribution in [3.63, 3.8) is 0 Å². The van der Waals surface area contributed by atoms with Crippen molar-refractivity contribution in [3.05, 3.63) is 29.3 Å². The fourth-order valence-corrected chi connectivity index (χ4v) is 1.94. The lowest BCUT2D eigenvalue weighted by Gasteiger charge is -2.14. The minimum Gasteiger partial charge on any atom is -0.493 e. The van der Waals surface area contributed by atoms with E-state index in [0.29, 0.717) is 17.1 Å². The van der Waals surface area contributed by atoms with Crippen molar-refractivity contribution >= 4 is 23.3 Å². The summed E-state index contributed by atoms with van der Waals surface area (Å²) >= 11 is 0. The second kappa shape index (κ2) is 7.40. The van der Waals surface area contributed by atoms with Crippen molar-refractivity contribution in [3.8, 4) is 11.5 Å². The van der Waals surface area contributed by atoms with Gasteiger partial charge in [0.25, 0.3) is 0 Å². The maximum absolute atomic E-state index is 11.7. The zero-order valence-corrected chi connectivity index (χ0v) is 13.2. The largest absolute Gasteiger partial charge is 0.493 e. The second-order valence-electron chi connectivity index (χ2n) is 4.48. The van der Waals surface area contributed by atoms with E-state index in [9.17, 15) is 14.4 Å². The molecule has 0 saturated heterocycles. The molecule has 0 N–H and O–H groups in total. The number of ether oxygens (including phenoxy) is 3. The highest BCUT2D eigenvalue weighted by molar-refractivity contribution is 6.23. The van der Waals surface area contributed by atoms with Crippen molar-refractivity contribution in [2.75, 3.05) is 14.2 Å². The third kappa shape index (κ3) is 3.94. The van der Waals surface area contributed by atoms with Crippen LogP contribution < -0.4 is 9.47 Å². The maximum atomic E-state index is 11.7. The number of rotatable bonds is 6. The zero-order chi connectivity index (χ0) is 16.9. The third-order valence-electron chi connectivity index (χ3n) is 2.82. The molecule has 0 unspecified atom stereocenters. The second-order valence-corrected chi connectivity index (χ2v) is 4.48. The van der Waals surface area contributed by atoms with Crippen LogP contribution in [0.3, 0.4) is 0 Å². The van der Waals surface area contributed by atoms with Gasteiger partial charge in [-0.15, -0.1) is 0 Å². The lowest BCUT2D eigenvalue weighted by molar-refractivity contribution is -0.134. The van der Waals surface area contributed by atoms with Crippen molar-refractivity contribution in [1.82, 2.24) is 0 Å². The van der Waals surface area contributed by atoms with Gasteiger partial charge in [0.05, 0.1) is 14.2 Å². The Bertz CT molecular complexity index is 626. The first-order valence-electron chi connectivity index (χ1n) is 6.48. The van der Waals surface area contributed by atoms with Gasteiger partial charge in [-0.1, -0.05) is 0 Å². The highest BCUT2D eigenvalue weighted by atomic mass is 16.5. The van der Waals surface area contributed by atoms with E-state index < -0.39 is 17.5 Å². The van der Waals surface area contributed by atoms with Crippen LogP contribution in [0.15, 0.2) is 23.8 Å². The summed E-state index contributed by atoms with van der Waals surface area (Å²) in [6, 6.07) is 4.70. The number of hydrogen-bond donors (Lipinski definition) is 0. The van der Waals surface area contributed by atoms with Gasteiger partial charge in [-0.05, 0) is 32.0 Å². The molecule has 0 heterocycles. The molecule has 22 heavy (non-hydrogen) atoms. The molecular formula is C16H18O6. The van der Waals surface area contributed by atoms with E-state index in [2.05, 4.69) is 0 Å². The van der Waals surface area contributed by atoms with Gasteiger partial charge in [0.2, 0.25) is 0 Å². The number of esters is 1. The molecule has 1 rings (SSSR count). The Morgan fingerprint density at radius 1 is 0.864 bits per heavy atom. The summed E-state index contributed by atoms with van der Waals surface area (Å²) < 4.78 is 15.4. The van der Waals surface area contributed by atoms with E-state index in [1.807, 2.05) is 0 Å². The fraction of sp³-hybridized carbons (Fsp3) is 0.312. The molecule has 118 valence electrons. The average Bonchev–Trinajstić information content (AvgIpc) is 2.44. The molecule has 1 aromatic carbocycles. The molecule has 0 aliphatic carbocycles. The Morgan fingerprint density at radius 3 is 1.82 bits per heavy atom. The van der Waals surface area contributed by atoms with E-state index in [4.69, 9.17) is 14.2 Å². The van der Waals surface area contributed by atoms with Gasteiger partial charge in [-0.2, -0.15) is 0 Å². The number of benzene rings is 1. The van der Waals surface area contributed by atoms with Crippen molar-refractivity contribution in [2.24, 2.45) is 0 Å². The van der Waals surface area contributed by atoms with Crippen LogP contribution in [0.4, 0.5) is 0 Å². The maximum Gasteiger partial charge on any atom is 0.308 e. The van der Waals surface area contributed by atoms with Crippen LogP contribution in [0.2, 0.25) is 0 Å². The highest BCUT2D eigenvalue weighted by Gasteiger charge is 2.22. The van der Waals surface area contributed by atoms with Crippen LogP contribution in [-0.2, 0) is 19.1 Å². The Labute approximate surface area is 128 Å². The standard InChI is InChI=1S/C16H18O6/c1-9(17)15(10(2)18)16(22-11(3)19)12-6-7-13(20-4)14(8-12)21-5/h6-8H,1-5H3. The Morgan fingerprint density at radius 2 is 1.41 bits per heavy atom. The first-order valence-corrected chi connectivity index (χ1v) is 6.48. The number of allylic oxidation sites excluding steroid dienone is 1. The summed E-state index contributed by atoms with van der Waals surface area (Å²) in [6.07, 6.45) is 0. The predicted octanol–water partition coefficient (Wildman–Crippen LogP) is 2.16. The molecule has 1 aromatic rings. The molecule has 6 heteroatoms. The van der Waals surface area contributed by atoms with Gasteiger partial charge in [0.1, 0.15) is 5.57 Å². The van der Waals surface area contributed by atoms with E-state index in [0.717, 1.165) is 0 Å². The normalized spacial score (nSPS) is 9.68. The SMILES string of the molecule is COc1ccc(C(OC(C)=O)=C(C(C)=O)C(C)=O)cc1OC. The monoisotopic (exact) mass is 306 g/mol. The van der Waals surface area contributed by atoms with E-state index >= 15 is 0 Å². The van der Waals surface area contributed by atoms with Gasteiger partial charge in [0, 0.05) is 12.5 Å². The quantitative estimate of drug-likeness (QED) is 0.263. The summed E-state index contributed by atoms with van der Waals surface area (Å²) in [5, 5.41) is 0. The molecule has 0 bridgehead atoms. The lowest BCUT2D eigenvalue weighted by atomic mass is 10.0. The summed E-state index contributed by atoms with van der Waals surface area (Å²) in [5.41, 5.74) is 0.190. The van der Waals surface area contributed by atoms with Gasteiger partial charge in [0.15, 0.2) is 28.8 Å². The highest BCUT2D eigenvalue weighted by Crippen LogP contribution is 2.32. The third-order valence-corrected chi connectivity index (χ3v) is 2.82. The minimum atomic E-state index is -0.634. The summed E-state index contributed by atoms with van der Waals surface area (Å²) in [7, 11) is 2.94. The first kappa shape index (κ1) is 17.4. The Hall–Kier alpha value is -2.63. The first-order chi connectivity index (χ1) is 10.3. The molecule has 0 aliphatic rings. The summed E-state index contributed by atoms with van der Waals surface area (Å²) in [4.78, 5) is 34.8. The predicted molar refractivity (Wildman–Crippen MR) is 79.6 cm³/mol. The molecule has 0 radical (unpaired) electrons. The van der Waals surface area contributed by atoms with Crippen LogP contribution in [0.25, 0.3) is 5.76 Å². The van der Waals surface area contributed by atoms with Crippen LogP contribution >= 0.6 is 0 Å². The van der Waals surface area contributed by atoms with Crippen LogP contribution in [0, 0.1) is 0 Å². The van der Waals surface area contributed by atoms with Crippen molar-refractivity contribution in [1.29, 1.82) is 0 Å². The minimum absolute atomic E-state index is 0.0894. The number of ketones is 2. The van der Waals surface area contributed by atoms with Crippen LogP contribution in [-0.4, -0.2) is 31.8 Å². The van der Waals surface area contributed by atoms with Gasteiger partial charge >= 0.3 is 5.97 Å². The number of hydrogen-bond acceptors (Lipinski definition) is 6. The topological polar surface area (TPSA) is 78.9 Å². The van der Waals surface area contributed by atoms with E-state index in [1.54, 1.807) is 12.1 Å². The molecule has 0 fully saturated rings. The molecule has 0 saturated carbocycles. The molecule has 0 spiro atoms. The van der Waals surface area contributed by atoms with Gasteiger partial charge in [-0.3, -0.25) is 14.4 Å². The van der Waals surface area contributed by atoms with Gasteiger partial charge < -0.3 is 14.2 Å². The van der Waals surface area contributed by atoms with E-state index in [1.165, 1.54) is 41.1 Å². The summed E-state index contributed by atoms with van der Waals surface area (Å²) in [6.45, 7) is 3.67. The molecule has 0 aliphatic heterocycles. The van der Waals surface area contributed by atoms with Gasteiger partial charge in [-0.25, -0.2) is 0 Å². The van der Waals surface area contributed by atoms with Crippen LogP contribution in [0.1, 0.15) is 26.3 Å². The van der Waals surface area contributed by atoms with Crippen molar-refractivity contribution in [2.45, 2.75) is 20.8 Å². The number of carbonyl (C=O) groups is 3. The van der Waals surface area contributed by atoms with Crippen LogP contribution in [0.5, 0.6) is 11.5 Å². The van der Waals surface area contributed by atoms with Crippen molar-refractivity contribution < 1.29 is 28.6 Å². The number of carbonyl (C=O) groups excluding carboxylic acids is 3.